The molecule has 190 valence electrons. The second kappa shape index (κ2) is 10.8. The summed E-state index contributed by atoms with van der Waals surface area (Å²) in [4.78, 5) is 42.0. The van der Waals surface area contributed by atoms with E-state index >= 15 is 0 Å². The fourth-order valence-corrected chi connectivity index (χ4v) is 4.63. The Bertz CT molecular complexity index is 1270. The Labute approximate surface area is 210 Å². The normalized spacial score (nSPS) is 16.4. The fourth-order valence-electron chi connectivity index (χ4n) is 4.63. The molecular weight excluding hydrogens is 458 g/mol. The van der Waals surface area contributed by atoms with Crippen LogP contribution in [0.1, 0.15) is 48.7 Å². The number of carbonyl (C=O) groups is 3. The SMILES string of the molecule is CN[C@H](CC1C(=O)Nc2ccccc21)NC(=O)[C@H](CC(C)C)NC(=O)c1cc2c(OC)cccc2[nH]1. The molecule has 36 heavy (non-hydrogen) atoms. The number of benzene rings is 2. The van der Waals surface area contributed by atoms with Gasteiger partial charge in [-0.25, -0.2) is 0 Å². The van der Waals surface area contributed by atoms with Crippen molar-refractivity contribution in [2.45, 2.75) is 44.8 Å². The summed E-state index contributed by atoms with van der Waals surface area (Å²) in [5.74, 6) is -0.320. The van der Waals surface area contributed by atoms with E-state index in [0.29, 0.717) is 24.3 Å². The minimum Gasteiger partial charge on any atom is -0.496 e. The average molecular weight is 492 g/mol. The maximum atomic E-state index is 13.3. The van der Waals surface area contributed by atoms with Gasteiger partial charge in [-0.15, -0.1) is 0 Å². The molecule has 3 amide bonds. The van der Waals surface area contributed by atoms with Gasteiger partial charge in [-0.1, -0.05) is 38.1 Å². The van der Waals surface area contributed by atoms with Gasteiger partial charge in [-0.05, 0) is 55.6 Å². The van der Waals surface area contributed by atoms with Crippen molar-refractivity contribution in [1.29, 1.82) is 0 Å². The zero-order valence-corrected chi connectivity index (χ0v) is 21.0. The van der Waals surface area contributed by atoms with E-state index in [9.17, 15) is 14.4 Å². The molecule has 1 unspecified atom stereocenters. The largest absolute Gasteiger partial charge is 0.496 e. The summed E-state index contributed by atoms with van der Waals surface area (Å²) in [5.41, 5.74) is 2.84. The lowest BCUT2D eigenvalue weighted by molar-refractivity contribution is -0.125. The summed E-state index contributed by atoms with van der Waals surface area (Å²) in [5, 5.41) is 12.6. The molecule has 5 N–H and O–H groups in total. The summed E-state index contributed by atoms with van der Waals surface area (Å²) in [6, 6.07) is 14.1. The minimum atomic E-state index is -0.744. The number of anilines is 1. The number of aromatic nitrogens is 1. The number of fused-ring (bicyclic) bond motifs is 2. The van der Waals surface area contributed by atoms with Crippen molar-refractivity contribution in [1.82, 2.24) is 20.9 Å². The number of para-hydroxylation sites is 1. The van der Waals surface area contributed by atoms with Crippen LogP contribution in [0, 0.1) is 5.92 Å². The molecule has 4 rings (SSSR count). The number of methoxy groups -OCH3 is 1. The van der Waals surface area contributed by atoms with Crippen LogP contribution in [0.2, 0.25) is 0 Å². The van der Waals surface area contributed by atoms with Crippen LogP contribution in [0.3, 0.4) is 0 Å². The van der Waals surface area contributed by atoms with Gasteiger partial charge in [0, 0.05) is 16.6 Å². The van der Waals surface area contributed by atoms with Gasteiger partial charge in [0.1, 0.15) is 17.5 Å². The standard InChI is InChI=1S/C27H33N5O4/c1-15(2)12-21(31-26(34)22-13-18-20(29-22)10-7-11-23(18)36-4)27(35)32-24(28-3)14-17-16-8-5-6-9-19(16)30-25(17)33/h5-11,13,15,17,21,24,28-29H,12,14H2,1-4H3,(H,30,33)(H,31,34)(H,32,35)/t17?,21-,24-/m0/s1. The first kappa shape index (κ1) is 25.2. The fraction of sp³-hybridized carbons (Fsp3) is 0.370. The summed E-state index contributed by atoms with van der Waals surface area (Å²) >= 11 is 0. The third kappa shape index (κ3) is 5.36. The lowest BCUT2D eigenvalue weighted by atomic mass is 9.95. The predicted molar refractivity (Wildman–Crippen MR) is 139 cm³/mol. The Morgan fingerprint density at radius 1 is 1.08 bits per heavy atom. The van der Waals surface area contributed by atoms with Crippen LogP contribution < -0.4 is 26.0 Å². The van der Waals surface area contributed by atoms with Crippen LogP contribution in [0.15, 0.2) is 48.5 Å². The molecule has 2 heterocycles. The number of hydrogen-bond acceptors (Lipinski definition) is 5. The van der Waals surface area contributed by atoms with Gasteiger partial charge in [0.15, 0.2) is 0 Å². The van der Waals surface area contributed by atoms with Crippen LogP contribution in [0.25, 0.3) is 10.9 Å². The zero-order valence-electron chi connectivity index (χ0n) is 21.0. The number of H-pyrrole nitrogens is 1. The highest BCUT2D eigenvalue weighted by Gasteiger charge is 2.33. The van der Waals surface area contributed by atoms with Gasteiger partial charge in [-0.2, -0.15) is 0 Å². The van der Waals surface area contributed by atoms with Crippen molar-refractivity contribution in [3.8, 4) is 5.75 Å². The topological polar surface area (TPSA) is 124 Å². The first-order valence-electron chi connectivity index (χ1n) is 12.1. The van der Waals surface area contributed by atoms with Gasteiger partial charge >= 0.3 is 0 Å². The van der Waals surface area contributed by atoms with Gasteiger partial charge in [0.2, 0.25) is 11.8 Å². The van der Waals surface area contributed by atoms with E-state index in [2.05, 4.69) is 26.3 Å². The van der Waals surface area contributed by atoms with Crippen LogP contribution in [-0.4, -0.2) is 49.1 Å². The van der Waals surface area contributed by atoms with E-state index in [1.54, 1.807) is 20.2 Å². The van der Waals surface area contributed by atoms with Crippen molar-refractivity contribution in [2.75, 3.05) is 19.5 Å². The lowest BCUT2D eigenvalue weighted by Gasteiger charge is -2.25. The number of hydrogen-bond donors (Lipinski definition) is 5. The van der Waals surface area contributed by atoms with E-state index < -0.39 is 12.2 Å². The molecule has 0 radical (unpaired) electrons. The van der Waals surface area contributed by atoms with Crippen molar-refractivity contribution in [3.05, 3.63) is 59.8 Å². The molecule has 0 bridgehead atoms. The number of aromatic amines is 1. The van der Waals surface area contributed by atoms with Crippen molar-refractivity contribution in [3.63, 3.8) is 0 Å². The van der Waals surface area contributed by atoms with Crippen LogP contribution in [-0.2, 0) is 9.59 Å². The Morgan fingerprint density at radius 2 is 1.86 bits per heavy atom. The quantitative estimate of drug-likeness (QED) is 0.279. The summed E-state index contributed by atoms with van der Waals surface area (Å²) in [6.07, 6.45) is 0.392. The molecule has 1 aliphatic rings. The number of rotatable bonds is 10. The molecule has 0 saturated heterocycles. The highest BCUT2D eigenvalue weighted by atomic mass is 16.5. The van der Waals surface area contributed by atoms with Gasteiger partial charge < -0.3 is 31.0 Å². The summed E-state index contributed by atoms with van der Waals surface area (Å²) in [7, 11) is 3.31. The monoisotopic (exact) mass is 491 g/mol. The molecule has 1 aromatic heterocycles. The Balaban J connectivity index is 1.46. The first-order valence-corrected chi connectivity index (χ1v) is 12.1. The van der Waals surface area contributed by atoms with E-state index in [4.69, 9.17) is 4.74 Å². The number of nitrogens with one attached hydrogen (secondary N) is 5. The van der Waals surface area contributed by atoms with E-state index in [-0.39, 0.29) is 29.6 Å². The molecule has 0 spiro atoms. The van der Waals surface area contributed by atoms with E-state index in [0.717, 1.165) is 22.2 Å². The minimum absolute atomic E-state index is 0.0908. The molecule has 3 aromatic rings. The molecule has 0 aliphatic carbocycles. The number of amides is 3. The molecule has 9 heteroatoms. The third-order valence-corrected chi connectivity index (χ3v) is 6.46. The maximum Gasteiger partial charge on any atom is 0.268 e. The smallest absolute Gasteiger partial charge is 0.268 e. The van der Waals surface area contributed by atoms with Gasteiger partial charge in [0.05, 0.1) is 19.2 Å². The highest BCUT2D eigenvalue weighted by molar-refractivity contribution is 6.03. The molecule has 0 saturated carbocycles. The Morgan fingerprint density at radius 3 is 2.58 bits per heavy atom. The second-order valence-corrected chi connectivity index (χ2v) is 9.47. The molecule has 1 aliphatic heterocycles. The summed E-state index contributed by atoms with van der Waals surface area (Å²) in [6.45, 7) is 3.99. The molecule has 3 atom stereocenters. The lowest BCUT2D eigenvalue weighted by Crippen LogP contribution is -2.53. The average Bonchev–Trinajstić information content (AvgIpc) is 3.43. The van der Waals surface area contributed by atoms with Crippen LogP contribution in [0.5, 0.6) is 5.75 Å². The maximum absolute atomic E-state index is 13.3. The van der Waals surface area contributed by atoms with Gasteiger partial charge in [0.25, 0.3) is 5.91 Å². The molecule has 2 aromatic carbocycles. The van der Waals surface area contributed by atoms with E-state index in [1.807, 2.05) is 56.3 Å². The predicted octanol–water partition coefficient (Wildman–Crippen LogP) is 3.11. The number of ether oxygens (including phenoxy) is 1. The Hall–Kier alpha value is -3.85. The molecule has 9 nitrogen and oxygen atoms in total. The first-order chi connectivity index (χ1) is 17.3. The number of carbonyl (C=O) groups excluding carboxylic acids is 3. The third-order valence-electron chi connectivity index (χ3n) is 6.46. The van der Waals surface area contributed by atoms with Gasteiger partial charge in [-0.3, -0.25) is 14.4 Å². The zero-order chi connectivity index (χ0) is 25.8. The Kier molecular flexibility index (Phi) is 7.59. The molecular formula is C27H33N5O4. The van der Waals surface area contributed by atoms with Crippen molar-refractivity contribution < 1.29 is 19.1 Å². The van der Waals surface area contributed by atoms with Crippen LogP contribution >= 0.6 is 0 Å². The second-order valence-electron chi connectivity index (χ2n) is 9.47. The van der Waals surface area contributed by atoms with E-state index in [1.165, 1.54) is 0 Å². The summed E-state index contributed by atoms with van der Waals surface area (Å²) < 4.78 is 5.38. The van der Waals surface area contributed by atoms with Crippen LogP contribution in [0.4, 0.5) is 5.69 Å². The highest BCUT2D eigenvalue weighted by Crippen LogP contribution is 2.34. The molecule has 0 fully saturated rings. The van der Waals surface area contributed by atoms with Crippen molar-refractivity contribution in [2.24, 2.45) is 5.92 Å². The van der Waals surface area contributed by atoms with Crippen molar-refractivity contribution >= 4 is 34.3 Å².